The number of nitrogens with zero attached hydrogens (tertiary/aromatic N) is 3. The Bertz CT molecular complexity index is 1100. The van der Waals surface area contributed by atoms with E-state index in [1.54, 1.807) is 0 Å². The van der Waals surface area contributed by atoms with E-state index in [1.807, 2.05) is 30.5 Å². The maximum absolute atomic E-state index is 9.35. The Morgan fingerprint density at radius 2 is 1.81 bits per heavy atom. The van der Waals surface area contributed by atoms with Crippen LogP contribution in [0.2, 0.25) is 0 Å². The fraction of sp³-hybridized carbons (Fsp3) is 0.292. The van der Waals surface area contributed by atoms with Crippen molar-refractivity contribution in [2.75, 3.05) is 0 Å². The van der Waals surface area contributed by atoms with E-state index < -0.39 is 0 Å². The molecular weight excluding hydrogens is 330 g/mol. The van der Waals surface area contributed by atoms with Crippen LogP contribution >= 0.6 is 0 Å². The third-order valence-electron chi connectivity index (χ3n) is 6.01. The molecule has 0 atom stereocenters. The van der Waals surface area contributed by atoms with Gasteiger partial charge >= 0.3 is 0 Å². The lowest BCUT2D eigenvalue weighted by Crippen LogP contribution is -2.37. The molecule has 0 unspecified atom stereocenters. The Labute approximate surface area is 159 Å². The molecule has 2 heterocycles. The largest absolute Gasteiger partial charge is 0.277 e. The van der Waals surface area contributed by atoms with Crippen LogP contribution in [0.3, 0.4) is 0 Å². The van der Waals surface area contributed by atoms with E-state index in [-0.39, 0.29) is 5.54 Å². The third kappa shape index (κ3) is 2.82. The lowest BCUT2D eigenvalue weighted by atomic mass is 9.74. The van der Waals surface area contributed by atoms with Crippen molar-refractivity contribution >= 4 is 16.6 Å². The first-order chi connectivity index (χ1) is 13.3. The van der Waals surface area contributed by atoms with E-state index in [2.05, 4.69) is 35.3 Å². The summed E-state index contributed by atoms with van der Waals surface area (Å²) in [6.07, 6.45) is 8.93. The van der Waals surface area contributed by atoms with Gasteiger partial charge in [-0.25, -0.2) is 0 Å². The Hall–Kier alpha value is -2.99. The highest BCUT2D eigenvalue weighted by Crippen LogP contribution is 2.40. The summed E-state index contributed by atoms with van der Waals surface area (Å²) in [5.41, 5.74) is 6.25. The van der Waals surface area contributed by atoms with Crippen LogP contribution in [0.5, 0.6) is 0 Å². The SMILES string of the molecule is N#Cc1ccc2c(c1)CC1(CCCCC1)N=C2c1cnc2ccccc2c1. The molecule has 1 aromatic heterocycles. The molecule has 5 rings (SSSR count). The van der Waals surface area contributed by atoms with Gasteiger partial charge in [-0.05, 0) is 49.1 Å². The number of nitriles is 1. The molecule has 0 N–H and O–H groups in total. The molecule has 0 bridgehead atoms. The molecule has 1 spiro atoms. The monoisotopic (exact) mass is 351 g/mol. The topological polar surface area (TPSA) is 49.0 Å². The molecule has 0 radical (unpaired) electrons. The second kappa shape index (κ2) is 6.32. The maximum Gasteiger partial charge on any atom is 0.0991 e. The second-order valence-corrected chi connectivity index (χ2v) is 7.82. The van der Waals surface area contributed by atoms with Crippen molar-refractivity contribution in [3.8, 4) is 6.07 Å². The zero-order valence-electron chi connectivity index (χ0n) is 15.3. The molecule has 3 aromatic rings. The summed E-state index contributed by atoms with van der Waals surface area (Å²) >= 11 is 0. The van der Waals surface area contributed by atoms with Gasteiger partial charge in [-0.15, -0.1) is 0 Å². The van der Waals surface area contributed by atoms with E-state index in [0.29, 0.717) is 0 Å². The van der Waals surface area contributed by atoms with Gasteiger partial charge in [-0.1, -0.05) is 43.5 Å². The van der Waals surface area contributed by atoms with E-state index in [1.165, 1.54) is 24.8 Å². The Balaban J connectivity index is 1.70. The smallest absolute Gasteiger partial charge is 0.0991 e. The van der Waals surface area contributed by atoms with Crippen molar-refractivity contribution in [1.29, 1.82) is 5.26 Å². The molecule has 0 amide bonds. The normalized spacial score (nSPS) is 18.0. The van der Waals surface area contributed by atoms with Gasteiger partial charge in [0.1, 0.15) is 0 Å². The van der Waals surface area contributed by atoms with Crippen molar-refractivity contribution in [2.45, 2.75) is 44.1 Å². The van der Waals surface area contributed by atoms with Gasteiger partial charge in [-0.2, -0.15) is 5.26 Å². The molecule has 3 nitrogen and oxygen atoms in total. The molecule has 1 fully saturated rings. The summed E-state index contributed by atoms with van der Waals surface area (Å²) in [4.78, 5) is 10.0. The molecule has 1 saturated carbocycles. The van der Waals surface area contributed by atoms with Gasteiger partial charge in [0.25, 0.3) is 0 Å². The van der Waals surface area contributed by atoms with Gasteiger partial charge in [0.15, 0.2) is 0 Å². The molecule has 0 saturated heterocycles. The average molecular weight is 351 g/mol. The molecule has 1 aliphatic heterocycles. The number of hydrogen-bond donors (Lipinski definition) is 0. The Morgan fingerprint density at radius 1 is 0.963 bits per heavy atom. The van der Waals surface area contributed by atoms with Crippen LogP contribution in [0.1, 0.15) is 54.4 Å². The van der Waals surface area contributed by atoms with Gasteiger partial charge in [0, 0.05) is 22.7 Å². The molecule has 132 valence electrons. The zero-order valence-corrected chi connectivity index (χ0v) is 15.3. The minimum atomic E-state index is -0.0136. The van der Waals surface area contributed by atoms with E-state index in [4.69, 9.17) is 4.99 Å². The number of para-hydroxylation sites is 1. The minimum Gasteiger partial charge on any atom is -0.277 e. The number of hydrogen-bond acceptors (Lipinski definition) is 3. The van der Waals surface area contributed by atoms with E-state index in [0.717, 1.165) is 52.6 Å². The first-order valence-corrected chi connectivity index (χ1v) is 9.75. The fourth-order valence-corrected chi connectivity index (χ4v) is 4.65. The lowest BCUT2D eigenvalue weighted by Gasteiger charge is -2.38. The van der Waals surface area contributed by atoms with Crippen LogP contribution in [-0.2, 0) is 6.42 Å². The third-order valence-corrected chi connectivity index (χ3v) is 6.01. The highest BCUT2D eigenvalue weighted by Gasteiger charge is 2.36. The van der Waals surface area contributed by atoms with Gasteiger partial charge < -0.3 is 0 Å². The summed E-state index contributed by atoms with van der Waals surface area (Å²) < 4.78 is 0. The average Bonchev–Trinajstić information content (AvgIpc) is 2.73. The van der Waals surface area contributed by atoms with Crippen molar-refractivity contribution < 1.29 is 0 Å². The Morgan fingerprint density at radius 3 is 2.67 bits per heavy atom. The van der Waals surface area contributed by atoms with Crippen LogP contribution in [0.25, 0.3) is 10.9 Å². The van der Waals surface area contributed by atoms with Gasteiger partial charge in [0.05, 0.1) is 28.4 Å². The minimum absolute atomic E-state index is 0.0136. The predicted octanol–water partition coefficient (Wildman–Crippen LogP) is 5.20. The van der Waals surface area contributed by atoms with Crippen LogP contribution in [0.4, 0.5) is 0 Å². The number of pyridine rings is 1. The number of benzene rings is 2. The molecule has 27 heavy (non-hydrogen) atoms. The standard InChI is InChI=1S/C24H21N3/c25-15-17-8-9-21-19(12-17)14-24(10-4-1-5-11-24)27-23(21)20-13-18-6-2-3-7-22(18)26-16-20/h2-3,6-9,12-13,16H,1,4-5,10-11,14H2. The summed E-state index contributed by atoms with van der Waals surface area (Å²) in [6.45, 7) is 0. The van der Waals surface area contributed by atoms with Crippen LogP contribution in [0.15, 0.2) is 59.7 Å². The highest BCUT2D eigenvalue weighted by molar-refractivity contribution is 6.15. The summed E-state index contributed by atoms with van der Waals surface area (Å²) in [5, 5.41) is 10.5. The van der Waals surface area contributed by atoms with E-state index in [9.17, 15) is 5.26 Å². The quantitative estimate of drug-likeness (QED) is 0.605. The second-order valence-electron chi connectivity index (χ2n) is 7.82. The number of rotatable bonds is 1. The first-order valence-electron chi connectivity index (χ1n) is 9.75. The summed E-state index contributed by atoms with van der Waals surface area (Å²) in [6, 6.07) is 18.7. The first kappa shape index (κ1) is 16.2. The van der Waals surface area contributed by atoms with E-state index >= 15 is 0 Å². The molecule has 2 aromatic carbocycles. The molecule has 2 aliphatic rings. The van der Waals surface area contributed by atoms with Gasteiger partial charge in [0.2, 0.25) is 0 Å². The summed E-state index contributed by atoms with van der Waals surface area (Å²) in [5.74, 6) is 0. The lowest BCUT2D eigenvalue weighted by molar-refractivity contribution is 0.294. The highest BCUT2D eigenvalue weighted by atomic mass is 14.9. The molecule has 1 aliphatic carbocycles. The predicted molar refractivity (Wildman–Crippen MR) is 108 cm³/mol. The van der Waals surface area contributed by atoms with Crippen molar-refractivity contribution in [3.63, 3.8) is 0 Å². The maximum atomic E-state index is 9.35. The van der Waals surface area contributed by atoms with Crippen LogP contribution in [-0.4, -0.2) is 16.2 Å². The Kier molecular flexibility index (Phi) is 3.79. The fourth-order valence-electron chi connectivity index (χ4n) is 4.65. The summed E-state index contributed by atoms with van der Waals surface area (Å²) in [7, 11) is 0. The van der Waals surface area contributed by atoms with Crippen molar-refractivity contribution in [3.05, 3.63) is 77.0 Å². The van der Waals surface area contributed by atoms with Crippen molar-refractivity contribution in [2.24, 2.45) is 4.99 Å². The molecular formula is C24H21N3. The van der Waals surface area contributed by atoms with Gasteiger partial charge in [-0.3, -0.25) is 9.98 Å². The number of fused-ring (bicyclic) bond motifs is 2. The number of aliphatic imine (C=N–C) groups is 1. The zero-order chi connectivity index (χ0) is 18.3. The van der Waals surface area contributed by atoms with Crippen LogP contribution < -0.4 is 0 Å². The van der Waals surface area contributed by atoms with Crippen LogP contribution in [0, 0.1) is 11.3 Å². The van der Waals surface area contributed by atoms with Crippen molar-refractivity contribution in [1.82, 2.24) is 4.98 Å². The number of aromatic nitrogens is 1. The molecule has 3 heteroatoms.